The Hall–Kier alpha value is -1.80. The van der Waals surface area contributed by atoms with E-state index in [0.717, 1.165) is 0 Å². The predicted molar refractivity (Wildman–Crippen MR) is 72.8 cm³/mol. The fourth-order valence-corrected chi connectivity index (χ4v) is 2.02. The van der Waals surface area contributed by atoms with Gasteiger partial charge < -0.3 is 10.6 Å². The van der Waals surface area contributed by atoms with E-state index in [-0.39, 0.29) is 11.8 Å². The van der Waals surface area contributed by atoms with Crippen molar-refractivity contribution >= 4 is 44.8 Å². The molecule has 2 rings (SSSR count). The molecule has 18 heavy (non-hydrogen) atoms. The molecule has 0 radical (unpaired) electrons. The highest BCUT2D eigenvalue weighted by atomic mass is 32.1. The summed E-state index contributed by atoms with van der Waals surface area (Å²) < 4.78 is 0. The van der Waals surface area contributed by atoms with Crippen molar-refractivity contribution < 1.29 is 9.59 Å². The Morgan fingerprint density at radius 2 is 1.33 bits per heavy atom. The summed E-state index contributed by atoms with van der Waals surface area (Å²) in [6.07, 6.45) is 3.30. The summed E-state index contributed by atoms with van der Waals surface area (Å²) in [4.78, 5) is 28.4. The lowest BCUT2D eigenvalue weighted by atomic mass is 10.7. The van der Waals surface area contributed by atoms with E-state index in [0.29, 0.717) is 10.3 Å². The van der Waals surface area contributed by atoms with Crippen LogP contribution in [0.1, 0.15) is 13.8 Å². The van der Waals surface area contributed by atoms with Crippen molar-refractivity contribution in [2.75, 3.05) is 10.6 Å². The number of aromatic nitrogens is 2. The van der Waals surface area contributed by atoms with Gasteiger partial charge in [-0.3, -0.25) is 9.59 Å². The fraction of sp³-hybridized carbons (Fsp3) is 0.200. The number of anilines is 2. The van der Waals surface area contributed by atoms with Gasteiger partial charge in [0.15, 0.2) is 10.3 Å². The Labute approximate surface area is 112 Å². The lowest BCUT2D eigenvalue weighted by molar-refractivity contribution is -0.115. The molecule has 0 unspecified atom stereocenters. The van der Waals surface area contributed by atoms with E-state index < -0.39 is 0 Å². The normalized spacial score (nSPS) is 9.00. The van der Waals surface area contributed by atoms with E-state index in [1.165, 1.54) is 36.5 Å². The number of carbonyl (C=O) groups excluding carboxylic acids is 2. The van der Waals surface area contributed by atoms with Crippen LogP contribution in [0, 0.1) is 0 Å². The molecule has 2 aromatic heterocycles. The summed E-state index contributed by atoms with van der Waals surface area (Å²) in [6.45, 7) is 2.92. The van der Waals surface area contributed by atoms with Crippen molar-refractivity contribution in [2.45, 2.75) is 13.8 Å². The zero-order chi connectivity index (χ0) is 13.4. The molecule has 6 nitrogen and oxygen atoms in total. The maximum absolute atomic E-state index is 10.4. The number of nitrogens with zero attached hydrogens (tertiary/aromatic N) is 2. The van der Waals surface area contributed by atoms with E-state index in [9.17, 15) is 9.59 Å². The van der Waals surface area contributed by atoms with Crippen LogP contribution in [0.2, 0.25) is 0 Å². The second-order valence-corrected chi connectivity index (χ2v) is 4.83. The van der Waals surface area contributed by atoms with E-state index in [1.807, 2.05) is 10.8 Å². The quantitative estimate of drug-likeness (QED) is 0.885. The predicted octanol–water partition coefficient (Wildman–Crippen LogP) is 2.20. The average molecular weight is 284 g/mol. The molecule has 0 atom stereocenters. The Kier molecular flexibility index (Phi) is 5.95. The maximum atomic E-state index is 10.4. The molecule has 2 amide bonds. The van der Waals surface area contributed by atoms with Gasteiger partial charge in [0.05, 0.1) is 0 Å². The van der Waals surface area contributed by atoms with Gasteiger partial charge in [-0.1, -0.05) is 0 Å². The fourth-order valence-electron chi connectivity index (χ4n) is 0.872. The minimum Gasteiger partial charge on any atom is -0.302 e. The summed E-state index contributed by atoms with van der Waals surface area (Å²) in [5, 5.41) is 10.0. The number of thiazole rings is 2. The van der Waals surface area contributed by atoms with Crippen molar-refractivity contribution in [1.82, 2.24) is 9.97 Å². The molecule has 2 aromatic rings. The van der Waals surface area contributed by atoms with Crippen molar-refractivity contribution in [3.8, 4) is 0 Å². The van der Waals surface area contributed by atoms with Gasteiger partial charge in [-0.05, 0) is 0 Å². The van der Waals surface area contributed by atoms with Crippen LogP contribution in [-0.2, 0) is 9.59 Å². The van der Waals surface area contributed by atoms with Crippen LogP contribution < -0.4 is 10.6 Å². The molecule has 0 saturated heterocycles. The molecule has 2 N–H and O–H groups in total. The maximum Gasteiger partial charge on any atom is 0.223 e. The minimum absolute atomic E-state index is 0.0787. The minimum atomic E-state index is -0.0787. The topological polar surface area (TPSA) is 84.0 Å². The summed E-state index contributed by atoms with van der Waals surface area (Å²) in [7, 11) is 0. The van der Waals surface area contributed by atoms with Crippen molar-refractivity contribution in [2.24, 2.45) is 0 Å². The molecule has 0 aliphatic heterocycles. The molecule has 0 fully saturated rings. The van der Waals surface area contributed by atoms with Gasteiger partial charge in [0.2, 0.25) is 11.8 Å². The Balaban J connectivity index is 0.000000180. The molecule has 96 valence electrons. The zero-order valence-corrected chi connectivity index (χ0v) is 11.5. The van der Waals surface area contributed by atoms with Gasteiger partial charge in [0.25, 0.3) is 0 Å². The molecule has 0 aliphatic carbocycles. The number of hydrogen-bond acceptors (Lipinski definition) is 6. The van der Waals surface area contributed by atoms with Gasteiger partial charge in [0, 0.05) is 37.0 Å². The van der Waals surface area contributed by atoms with Crippen LogP contribution in [0.15, 0.2) is 23.2 Å². The number of carbonyl (C=O) groups is 2. The number of amides is 2. The molecular formula is C10H12N4O2S2. The first-order chi connectivity index (χ1) is 8.58. The third-order valence-electron chi connectivity index (χ3n) is 1.43. The van der Waals surface area contributed by atoms with Crippen LogP contribution in [0.4, 0.5) is 10.3 Å². The van der Waals surface area contributed by atoms with E-state index >= 15 is 0 Å². The van der Waals surface area contributed by atoms with Crippen molar-refractivity contribution in [1.29, 1.82) is 0 Å². The Morgan fingerprint density at radius 3 is 1.56 bits per heavy atom. The SMILES string of the molecule is CC(=O)Nc1nccs1.CC(=O)Nc1nccs1. The number of hydrogen-bond donors (Lipinski definition) is 2. The highest BCUT2D eigenvalue weighted by Gasteiger charge is 1.94. The first-order valence-corrected chi connectivity index (χ1v) is 6.68. The third kappa shape index (κ3) is 6.06. The molecule has 0 aliphatic rings. The van der Waals surface area contributed by atoms with Crippen molar-refractivity contribution in [3.63, 3.8) is 0 Å². The third-order valence-corrected chi connectivity index (χ3v) is 2.81. The summed E-state index contributed by atoms with van der Waals surface area (Å²) >= 11 is 2.82. The molecule has 0 saturated carbocycles. The number of rotatable bonds is 2. The van der Waals surface area contributed by atoms with Crippen LogP contribution in [0.5, 0.6) is 0 Å². The zero-order valence-electron chi connectivity index (χ0n) is 9.84. The van der Waals surface area contributed by atoms with Crippen LogP contribution in [-0.4, -0.2) is 21.8 Å². The second kappa shape index (κ2) is 7.51. The van der Waals surface area contributed by atoms with E-state index in [2.05, 4.69) is 20.6 Å². The molecule has 0 bridgehead atoms. The van der Waals surface area contributed by atoms with E-state index in [4.69, 9.17) is 0 Å². The molecule has 8 heteroatoms. The van der Waals surface area contributed by atoms with Crippen LogP contribution in [0.3, 0.4) is 0 Å². The largest absolute Gasteiger partial charge is 0.302 e. The van der Waals surface area contributed by atoms with Gasteiger partial charge >= 0.3 is 0 Å². The number of nitrogens with one attached hydrogen (secondary N) is 2. The van der Waals surface area contributed by atoms with Gasteiger partial charge in [-0.2, -0.15) is 0 Å². The summed E-state index contributed by atoms with van der Waals surface area (Å²) in [6, 6.07) is 0. The Bertz CT molecular complexity index is 436. The standard InChI is InChI=1S/2C5H6N2OS/c2*1-4(8)7-5-6-2-3-9-5/h2*2-3H,1H3,(H,6,7,8). The molecular weight excluding hydrogens is 272 g/mol. The Morgan fingerprint density at radius 1 is 0.944 bits per heavy atom. The second-order valence-electron chi connectivity index (χ2n) is 3.04. The van der Waals surface area contributed by atoms with Gasteiger partial charge in [0.1, 0.15) is 0 Å². The molecule has 0 spiro atoms. The first kappa shape index (κ1) is 14.3. The van der Waals surface area contributed by atoms with E-state index in [1.54, 1.807) is 12.4 Å². The van der Waals surface area contributed by atoms with Crippen molar-refractivity contribution in [3.05, 3.63) is 23.2 Å². The molecule has 0 aromatic carbocycles. The highest BCUT2D eigenvalue weighted by Crippen LogP contribution is 2.09. The van der Waals surface area contributed by atoms with Gasteiger partial charge in [-0.25, -0.2) is 9.97 Å². The lowest BCUT2D eigenvalue weighted by Gasteiger charge is -1.90. The highest BCUT2D eigenvalue weighted by molar-refractivity contribution is 7.14. The first-order valence-electron chi connectivity index (χ1n) is 4.92. The lowest BCUT2D eigenvalue weighted by Crippen LogP contribution is -2.04. The van der Waals surface area contributed by atoms with Gasteiger partial charge in [-0.15, -0.1) is 22.7 Å². The smallest absolute Gasteiger partial charge is 0.223 e. The summed E-state index contributed by atoms with van der Waals surface area (Å²) in [5.41, 5.74) is 0. The van der Waals surface area contributed by atoms with Crippen LogP contribution >= 0.6 is 22.7 Å². The van der Waals surface area contributed by atoms with Crippen LogP contribution in [0.25, 0.3) is 0 Å². The molecule has 2 heterocycles. The average Bonchev–Trinajstić information content (AvgIpc) is 2.90. The monoisotopic (exact) mass is 284 g/mol. The summed E-state index contributed by atoms with van der Waals surface area (Å²) in [5.74, 6) is -0.157.